The zero-order valence-electron chi connectivity index (χ0n) is 15.8. The second kappa shape index (κ2) is 7.36. The smallest absolute Gasteiger partial charge is 0.255 e. The molecule has 0 saturated carbocycles. The number of amides is 2. The average Bonchev–Trinajstić information content (AvgIpc) is 3.15. The van der Waals surface area contributed by atoms with Crippen LogP contribution in [0.3, 0.4) is 0 Å². The molecular formula is C21H27N3O2. The van der Waals surface area contributed by atoms with E-state index in [1.54, 1.807) is 18.5 Å². The van der Waals surface area contributed by atoms with Crippen molar-refractivity contribution in [3.8, 4) is 0 Å². The molecule has 2 amide bonds. The van der Waals surface area contributed by atoms with E-state index >= 15 is 0 Å². The van der Waals surface area contributed by atoms with Gasteiger partial charge < -0.3 is 14.8 Å². The van der Waals surface area contributed by atoms with Gasteiger partial charge in [0.2, 0.25) is 5.91 Å². The van der Waals surface area contributed by atoms with Gasteiger partial charge in [0, 0.05) is 38.6 Å². The van der Waals surface area contributed by atoms with E-state index in [9.17, 15) is 9.59 Å². The summed E-state index contributed by atoms with van der Waals surface area (Å²) in [6.07, 6.45) is 3.87. The van der Waals surface area contributed by atoms with Crippen molar-refractivity contribution in [3.05, 3.63) is 59.4 Å². The molecule has 0 spiro atoms. The lowest BCUT2D eigenvalue weighted by Gasteiger charge is -2.34. The quantitative estimate of drug-likeness (QED) is 0.922. The standard InChI is InChI=1S/C21H27N3O2/c1-21(2,3)18-6-4-16(5-7-18)14-19(25)23-10-12-24(13-11-23)20(26)17-8-9-22-15-17/h4-9,15,22H,10-14H2,1-3H3. The van der Waals surface area contributed by atoms with E-state index in [-0.39, 0.29) is 17.2 Å². The van der Waals surface area contributed by atoms with Crippen molar-refractivity contribution < 1.29 is 9.59 Å². The van der Waals surface area contributed by atoms with E-state index in [1.165, 1.54) is 5.56 Å². The molecular weight excluding hydrogens is 326 g/mol. The largest absolute Gasteiger partial charge is 0.367 e. The van der Waals surface area contributed by atoms with E-state index in [0.29, 0.717) is 38.2 Å². The van der Waals surface area contributed by atoms with Crippen LogP contribution >= 0.6 is 0 Å². The first kappa shape index (κ1) is 18.2. The maximum Gasteiger partial charge on any atom is 0.255 e. The number of aromatic nitrogens is 1. The van der Waals surface area contributed by atoms with Gasteiger partial charge in [-0.15, -0.1) is 0 Å². The Hall–Kier alpha value is -2.56. The van der Waals surface area contributed by atoms with Crippen molar-refractivity contribution in [3.63, 3.8) is 0 Å². The van der Waals surface area contributed by atoms with E-state index in [1.807, 2.05) is 21.9 Å². The Morgan fingerprint density at radius 2 is 1.58 bits per heavy atom. The molecule has 1 N–H and O–H groups in total. The number of hydrogen-bond acceptors (Lipinski definition) is 2. The van der Waals surface area contributed by atoms with Crippen molar-refractivity contribution in [1.82, 2.24) is 14.8 Å². The van der Waals surface area contributed by atoms with Gasteiger partial charge in [0.15, 0.2) is 0 Å². The van der Waals surface area contributed by atoms with Gasteiger partial charge in [-0.1, -0.05) is 45.0 Å². The van der Waals surface area contributed by atoms with E-state index in [2.05, 4.69) is 37.9 Å². The molecule has 5 nitrogen and oxygen atoms in total. The number of carbonyl (C=O) groups is 2. The van der Waals surface area contributed by atoms with Crippen LogP contribution in [-0.2, 0) is 16.6 Å². The summed E-state index contributed by atoms with van der Waals surface area (Å²) in [6.45, 7) is 8.89. The number of benzene rings is 1. The van der Waals surface area contributed by atoms with Gasteiger partial charge in [0.25, 0.3) is 5.91 Å². The van der Waals surface area contributed by atoms with Crippen LogP contribution in [0.15, 0.2) is 42.7 Å². The summed E-state index contributed by atoms with van der Waals surface area (Å²) in [5.74, 6) is 0.151. The highest BCUT2D eigenvalue weighted by Gasteiger charge is 2.25. The topological polar surface area (TPSA) is 56.4 Å². The fraction of sp³-hybridized carbons (Fsp3) is 0.429. The molecule has 0 atom stereocenters. The predicted molar refractivity (Wildman–Crippen MR) is 102 cm³/mol. The Labute approximate surface area is 155 Å². The Morgan fingerprint density at radius 1 is 0.962 bits per heavy atom. The lowest BCUT2D eigenvalue weighted by molar-refractivity contribution is -0.131. The maximum atomic E-state index is 12.6. The zero-order valence-corrected chi connectivity index (χ0v) is 15.8. The van der Waals surface area contributed by atoms with E-state index in [4.69, 9.17) is 0 Å². The average molecular weight is 353 g/mol. The number of piperazine rings is 1. The minimum atomic E-state index is 0.0242. The number of aromatic amines is 1. The monoisotopic (exact) mass is 353 g/mol. The van der Waals surface area contributed by atoms with E-state index < -0.39 is 0 Å². The Balaban J connectivity index is 1.53. The van der Waals surface area contributed by atoms with Crippen molar-refractivity contribution in [2.75, 3.05) is 26.2 Å². The predicted octanol–water partition coefficient (Wildman–Crippen LogP) is 2.84. The second-order valence-electron chi connectivity index (χ2n) is 7.90. The molecule has 5 heteroatoms. The van der Waals surface area contributed by atoms with Crippen LogP contribution in [0.25, 0.3) is 0 Å². The third-order valence-corrected chi connectivity index (χ3v) is 4.94. The van der Waals surface area contributed by atoms with Crippen LogP contribution in [0.5, 0.6) is 0 Å². The summed E-state index contributed by atoms with van der Waals surface area (Å²) in [5.41, 5.74) is 3.09. The molecule has 26 heavy (non-hydrogen) atoms. The lowest BCUT2D eigenvalue weighted by Crippen LogP contribution is -2.50. The van der Waals surface area contributed by atoms with Crippen LogP contribution < -0.4 is 0 Å². The minimum absolute atomic E-state index is 0.0242. The minimum Gasteiger partial charge on any atom is -0.367 e. The van der Waals surface area contributed by atoms with Crippen molar-refractivity contribution >= 4 is 11.8 Å². The van der Waals surface area contributed by atoms with Crippen LogP contribution in [0.4, 0.5) is 0 Å². The van der Waals surface area contributed by atoms with Gasteiger partial charge in [-0.3, -0.25) is 9.59 Å². The summed E-state index contributed by atoms with van der Waals surface area (Å²) in [4.78, 5) is 31.5. The molecule has 2 heterocycles. The third-order valence-electron chi connectivity index (χ3n) is 4.94. The maximum absolute atomic E-state index is 12.6. The molecule has 138 valence electrons. The highest BCUT2D eigenvalue weighted by atomic mass is 16.2. The van der Waals surface area contributed by atoms with Crippen LogP contribution in [0.2, 0.25) is 0 Å². The molecule has 0 aliphatic carbocycles. The Morgan fingerprint density at radius 3 is 2.12 bits per heavy atom. The summed E-state index contributed by atoms with van der Waals surface area (Å²) < 4.78 is 0. The first-order chi connectivity index (χ1) is 12.3. The van der Waals surface area contributed by atoms with Crippen molar-refractivity contribution in [2.45, 2.75) is 32.6 Å². The van der Waals surface area contributed by atoms with Crippen LogP contribution in [0.1, 0.15) is 42.3 Å². The van der Waals surface area contributed by atoms with Gasteiger partial charge in [0.1, 0.15) is 0 Å². The molecule has 1 fully saturated rings. The number of rotatable bonds is 3. The molecule has 1 aliphatic rings. The molecule has 0 radical (unpaired) electrons. The van der Waals surface area contributed by atoms with Crippen molar-refractivity contribution in [1.29, 1.82) is 0 Å². The number of nitrogens with one attached hydrogen (secondary N) is 1. The summed E-state index contributed by atoms with van der Waals surface area (Å²) >= 11 is 0. The zero-order chi connectivity index (χ0) is 18.7. The molecule has 1 aromatic carbocycles. The first-order valence-corrected chi connectivity index (χ1v) is 9.14. The fourth-order valence-corrected chi connectivity index (χ4v) is 3.21. The van der Waals surface area contributed by atoms with Crippen molar-refractivity contribution in [2.24, 2.45) is 0 Å². The molecule has 1 aromatic heterocycles. The van der Waals surface area contributed by atoms with Gasteiger partial charge in [-0.25, -0.2) is 0 Å². The number of hydrogen-bond donors (Lipinski definition) is 1. The molecule has 0 unspecified atom stereocenters. The summed E-state index contributed by atoms with van der Waals surface area (Å²) in [7, 11) is 0. The van der Waals surface area contributed by atoms with Gasteiger partial charge in [-0.2, -0.15) is 0 Å². The molecule has 3 rings (SSSR count). The number of nitrogens with zero attached hydrogens (tertiary/aromatic N) is 2. The number of H-pyrrole nitrogens is 1. The summed E-state index contributed by atoms with van der Waals surface area (Å²) in [5, 5.41) is 0. The van der Waals surface area contributed by atoms with E-state index in [0.717, 1.165) is 5.56 Å². The fourth-order valence-electron chi connectivity index (χ4n) is 3.21. The SMILES string of the molecule is CC(C)(C)c1ccc(CC(=O)N2CCN(C(=O)c3cc[nH]c3)CC2)cc1. The Kier molecular flexibility index (Phi) is 5.16. The third kappa shape index (κ3) is 4.15. The van der Waals surface area contributed by atoms with Gasteiger partial charge >= 0.3 is 0 Å². The first-order valence-electron chi connectivity index (χ1n) is 9.14. The molecule has 0 bridgehead atoms. The van der Waals surface area contributed by atoms with Crippen LogP contribution in [0, 0.1) is 0 Å². The van der Waals surface area contributed by atoms with Gasteiger partial charge in [0.05, 0.1) is 12.0 Å². The van der Waals surface area contributed by atoms with Crippen LogP contribution in [-0.4, -0.2) is 52.8 Å². The molecule has 1 saturated heterocycles. The second-order valence-corrected chi connectivity index (χ2v) is 7.90. The lowest BCUT2D eigenvalue weighted by atomic mass is 9.86. The molecule has 2 aromatic rings. The number of carbonyl (C=O) groups excluding carboxylic acids is 2. The molecule has 1 aliphatic heterocycles. The highest BCUT2D eigenvalue weighted by molar-refractivity contribution is 5.94. The highest BCUT2D eigenvalue weighted by Crippen LogP contribution is 2.22. The van der Waals surface area contributed by atoms with Gasteiger partial charge in [-0.05, 0) is 22.6 Å². The summed E-state index contributed by atoms with van der Waals surface area (Å²) in [6, 6.07) is 10.1. The normalized spacial score (nSPS) is 15.2. The Bertz CT molecular complexity index is 750.